The average Bonchev–Trinajstić information content (AvgIpc) is 2.10. The molecule has 0 fully saturated rings. The zero-order valence-corrected chi connectivity index (χ0v) is 8.79. The van der Waals surface area contributed by atoms with Crippen molar-refractivity contribution < 1.29 is 10.2 Å². The fourth-order valence-electron chi connectivity index (χ4n) is 1.22. The van der Waals surface area contributed by atoms with Gasteiger partial charge in [0.2, 0.25) is 0 Å². The van der Waals surface area contributed by atoms with Crippen molar-refractivity contribution >= 4 is 0 Å². The van der Waals surface area contributed by atoms with Gasteiger partial charge in [-0.05, 0) is 30.8 Å². The molecule has 0 aliphatic carbocycles. The molecule has 13 heavy (non-hydrogen) atoms. The molecule has 2 nitrogen and oxygen atoms in total. The van der Waals surface area contributed by atoms with Gasteiger partial charge in [-0.2, -0.15) is 0 Å². The van der Waals surface area contributed by atoms with Gasteiger partial charge in [-0.15, -0.1) is 0 Å². The van der Waals surface area contributed by atoms with Crippen molar-refractivity contribution in [2.45, 2.75) is 39.5 Å². The minimum atomic E-state index is 0.0856. The first-order chi connectivity index (χ1) is 6.20. The van der Waals surface area contributed by atoms with Crippen molar-refractivity contribution in [1.29, 1.82) is 0 Å². The predicted molar refractivity (Wildman–Crippen MR) is 55.6 cm³/mol. The van der Waals surface area contributed by atoms with Gasteiger partial charge in [0.1, 0.15) is 0 Å². The number of aliphatic hydroxyl groups excluding tert-OH is 2. The van der Waals surface area contributed by atoms with Crippen molar-refractivity contribution in [2.75, 3.05) is 13.2 Å². The van der Waals surface area contributed by atoms with Gasteiger partial charge in [0.15, 0.2) is 0 Å². The molecule has 2 heteroatoms. The van der Waals surface area contributed by atoms with E-state index in [-0.39, 0.29) is 13.2 Å². The number of aliphatic hydroxyl groups is 2. The quantitative estimate of drug-likeness (QED) is 0.472. The zero-order chi connectivity index (χ0) is 10.1. The molecule has 0 aliphatic rings. The van der Waals surface area contributed by atoms with Crippen LogP contribution in [0.4, 0.5) is 0 Å². The van der Waals surface area contributed by atoms with Gasteiger partial charge in [-0.3, -0.25) is 0 Å². The van der Waals surface area contributed by atoms with Crippen molar-refractivity contribution in [1.82, 2.24) is 0 Å². The van der Waals surface area contributed by atoms with Crippen LogP contribution in [0.15, 0.2) is 11.6 Å². The van der Waals surface area contributed by atoms with Crippen molar-refractivity contribution in [3.05, 3.63) is 11.6 Å². The first kappa shape index (κ1) is 12.7. The summed E-state index contributed by atoms with van der Waals surface area (Å²) in [6.07, 6.45) is 6.09. The molecule has 0 aromatic heterocycles. The highest BCUT2D eigenvalue weighted by atomic mass is 16.3. The van der Waals surface area contributed by atoms with Gasteiger partial charge in [-0.1, -0.05) is 26.3 Å². The van der Waals surface area contributed by atoms with Gasteiger partial charge in [0.25, 0.3) is 0 Å². The van der Waals surface area contributed by atoms with Crippen LogP contribution in [0.25, 0.3) is 0 Å². The molecule has 0 amide bonds. The zero-order valence-electron chi connectivity index (χ0n) is 8.79. The molecule has 78 valence electrons. The summed E-state index contributed by atoms with van der Waals surface area (Å²) in [6.45, 7) is 4.65. The van der Waals surface area contributed by atoms with E-state index in [9.17, 15) is 0 Å². The van der Waals surface area contributed by atoms with Crippen molar-refractivity contribution in [3.8, 4) is 0 Å². The van der Waals surface area contributed by atoms with E-state index in [1.807, 2.05) is 0 Å². The van der Waals surface area contributed by atoms with Crippen LogP contribution in [-0.2, 0) is 0 Å². The molecule has 0 atom stereocenters. The standard InChI is InChI=1S/C11H22O2/c1-10(2)5-3-4-6-11(9-13)7-8-12/h6,10,12-13H,3-5,7-9H2,1-2H3/b11-6+. The summed E-state index contributed by atoms with van der Waals surface area (Å²) in [7, 11) is 0. The molecule has 0 heterocycles. The summed E-state index contributed by atoms with van der Waals surface area (Å²) in [4.78, 5) is 0. The second kappa shape index (κ2) is 8.27. The topological polar surface area (TPSA) is 40.5 Å². The van der Waals surface area contributed by atoms with Crippen LogP contribution in [0.2, 0.25) is 0 Å². The SMILES string of the molecule is CC(C)CCC/C=C(/CO)CCO. The van der Waals surface area contributed by atoms with Gasteiger partial charge in [0.05, 0.1) is 6.61 Å². The molecule has 0 aromatic carbocycles. The molecule has 0 aliphatic heterocycles. The lowest BCUT2D eigenvalue weighted by Crippen LogP contribution is -1.94. The second-order valence-electron chi connectivity index (χ2n) is 3.82. The van der Waals surface area contributed by atoms with E-state index in [4.69, 9.17) is 10.2 Å². The fourth-order valence-corrected chi connectivity index (χ4v) is 1.22. The smallest absolute Gasteiger partial charge is 0.0642 e. The summed E-state index contributed by atoms with van der Waals surface area (Å²) in [6, 6.07) is 0. The second-order valence-corrected chi connectivity index (χ2v) is 3.82. The van der Waals surface area contributed by atoms with Gasteiger partial charge < -0.3 is 10.2 Å². The van der Waals surface area contributed by atoms with E-state index in [2.05, 4.69) is 19.9 Å². The first-order valence-corrected chi connectivity index (χ1v) is 5.10. The number of hydrogen-bond acceptors (Lipinski definition) is 2. The minimum absolute atomic E-state index is 0.0856. The Morgan fingerprint density at radius 2 is 2.00 bits per heavy atom. The summed E-state index contributed by atoms with van der Waals surface area (Å²) < 4.78 is 0. The molecule has 0 unspecified atom stereocenters. The van der Waals surface area contributed by atoms with Crippen LogP contribution in [0.1, 0.15) is 39.5 Å². The lowest BCUT2D eigenvalue weighted by molar-refractivity contribution is 0.278. The van der Waals surface area contributed by atoms with E-state index < -0.39 is 0 Å². The normalized spacial score (nSPS) is 12.5. The molecule has 0 spiro atoms. The lowest BCUT2D eigenvalue weighted by atomic mass is 10.0. The number of allylic oxidation sites excluding steroid dienone is 1. The Labute approximate surface area is 81.3 Å². The Balaban J connectivity index is 3.54. The highest BCUT2D eigenvalue weighted by molar-refractivity contribution is 5.01. The molecule has 0 radical (unpaired) electrons. The Morgan fingerprint density at radius 1 is 1.31 bits per heavy atom. The average molecular weight is 186 g/mol. The number of unbranched alkanes of at least 4 members (excludes halogenated alkanes) is 1. The van der Waals surface area contributed by atoms with Gasteiger partial charge >= 0.3 is 0 Å². The Hall–Kier alpha value is -0.340. The molecule has 0 bridgehead atoms. The Kier molecular flexibility index (Phi) is 8.05. The van der Waals surface area contributed by atoms with E-state index >= 15 is 0 Å². The number of rotatable bonds is 7. The molecule has 0 saturated carbocycles. The minimum Gasteiger partial charge on any atom is -0.396 e. The first-order valence-electron chi connectivity index (χ1n) is 5.10. The van der Waals surface area contributed by atoms with Crippen LogP contribution in [0, 0.1) is 5.92 Å². The van der Waals surface area contributed by atoms with E-state index in [0.717, 1.165) is 17.9 Å². The molecule has 2 N–H and O–H groups in total. The largest absolute Gasteiger partial charge is 0.396 e. The maximum Gasteiger partial charge on any atom is 0.0642 e. The van der Waals surface area contributed by atoms with Crippen molar-refractivity contribution in [2.24, 2.45) is 5.92 Å². The maximum absolute atomic E-state index is 8.89. The third kappa shape index (κ3) is 8.00. The fraction of sp³-hybridized carbons (Fsp3) is 0.818. The van der Waals surface area contributed by atoms with Crippen LogP contribution in [0.3, 0.4) is 0 Å². The molecule has 0 saturated heterocycles. The monoisotopic (exact) mass is 186 g/mol. The van der Waals surface area contributed by atoms with Gasteiger partial charge in [-0.25, -0.2) is 0 Å². The number of hydrogen-bond donors (Lipinski definition) is 2. The third-order valence-electron chi connectivity index (χ3n) is 2.05. The summed E-state index contributed by atoms with van der Waals surface area (Å²) >= 11 is 0. The third-order valence-corrected chi connectivity index (χ3v) is 2.05. The van der Waals surface area contributed by atoms with Gasteiger partial charge in [0, 0.05) is 6.61 Å². The highest BCUT2D eigenvalue weighted by Gasteiger charge is 1.95. The van der Waals surface area contributed by atoms with E-state index in [1.165, 1.54) is 12.8 Å². The van der Waals surface area contributed by atoms with Crippen molar-refractivity contribution in [3.63, 3.8) is 0 Å². The maximum atomic E-state index is 8.89. The summed E-state index contributed by atoms with van der Waals surface area (Å²) in [5.74, 6) is 0.754. The van der Waals surface area contributed by atoms with Crippen LogP contribution in [0.5, 0.6) is 0 Å². The highest BCUT2D eigenvalue weighted by Crippen LogP contribution is 2.09. The molecular formula is C11H22O2. The van der Waals surface area contributed by atoms with Crippen LogP contribution < -0.4 is 0 Å². The van der Waals surface area contributed by atoms with Crippen LogP contribution >= 0.6 is 0 Å². The molecule has 0 aromatic rings. The van der Waals surface area contributed by atoms with E-state index in [0.29, 0.717) is 6.42 Å². The van der Waals surface area contributed by atoms with Crippen LogP contribution in [-0.4, -0.2) is 23.4 Å². The Bertz CT molecular complexity index is 139. The summed E-state index contributed by atoms with van der Waals surface area (Å²) in [5, 5.41) is 17.5. The molecular weight excluding hydrogens is 164 g/mol. The van der Waals surface area contributed by atoms with E-state index in [1.54, 1.807) is 0 Å². The summed E-state index contributed by atoms with van der Waals surface area (Å²) in [5.41, 5.74) is 0.964. The lowest BCUT2D eigenvalue weighted by Gasteiger charge is -2.03. The predicted octanol–water partition coefficient (Wildman–Crippen LogP) is 2.11. The molecule has 0 rings (SSSR count). The Morgan fingerprint density at radius 3 is 2.46 bits per heavy atom.